The maximum absolute atomic E-state index is 9.95. The molecule has 3 heteroatoms. The van der Waals surface area contributed by atoms with Crippen molar-refractivity contribution in [3.05, 3.63) is 36.4 Å². The van der Waals surface area contributed by atoms with E-state index in [1.54, 1.807) is 0 Å². The van der Waals surface area contributed by atoms with E-state index >= 15 is 0 Å². The largest absolute Gasteiger partial charge is 0.376 e. The van der Waals surface area contributed by atoms with E-state index in [-0.39, 0.29) is 6.10 Å². The fourth-order valence-corrected chi connectivity index (χ4v) is 0.927. The standard InChI is InChI=1S/C6H5.C5H8O3/c1-2-4-6-5-3-1;6-3-5-4-7-1-2-8-5/h1-5H;3,5H,1-2,4H2. The molecule has 3 nitrogen and oxygen atoms in total. The molecular weight excluding hydrogens is 180 g/mol. The van der Waals surface area contributed by atoms with Crippen LogP contribution in [0.3, 0.4) is 0 Å². The second kappa shape index (κ2) is 7.24. The van der Waals surface area contributed by atoms with Gasteiger partial charge < -0.3 is 14.3 Å². The van der Waals surface area contributed by atoms with Gasteiger partial charge in [-0.05, 0) is 6.07 Å². The molecule has 0 aromatic heterocycles. The van der Waals surface area contributed by atoms with Gasteiger partial charge in [-0.15, -0.1) is 0 Å². The second-order valence-corrected chi connectivity index (χ2v) is 2.70. The fraction of sp³-hybridized carbons (Fsp3) is 0.364. The number of ether oxygens (including phenoxy) is 2. The molecule has 0 saturated carbocycles. The Hall–Kier alpha value is -1.19. The van der Waals surface area contributed by atoms with Crippen LogP contribution in [0.1, 0.15) is 0 Å². The van der Waals surface area contributed by atoms with E-state index in [0.29, 0.717) is 19.8 Å². The summed E-state index contributed by atoms with van der Waals surface area (Å²) in [6.07, 6.45) is 0.447. The normalized spacial score (nSPS) is 20.4. The zero-order chi connectivity index (χ0) is 10.1. The number of benzene rings is 1. The van der Waals surface area contributed by atoms with Crippen LogP contribution in [-0.4, -0.2) is 32.2 Å². The molecular formula is C11H13O3. The van der Waals surface area contributed by atoms with Gasteiger partial charge in [0.2, 0.25) is 0 Å². The summed E-state index contributed by atoms with van der Waals surface area (Å²) < 4.78 is 9.85. The Morgan fingerprint density at radius 2 is 2.00 bits per heavy atom. The third-order valence-electron chi connectivity index (χ3n) is 1.60. The molecule has 75 valence electrons. The van der Waals surface area contributed by atoms with Crippen LogP contribution in [0.25, 0.3) is 0 Å². The lowest BCUT2D eigenvalue weighted by Crippen LogP contribution is -2.29. The first-order chi connectivity index (χ1) is 6.93. The van der Waals surface area contributed by atoms with Crippen LogP contribution in [0.5, 0.6) is 0 Å². The molecule has 0 amide bonds. The molecule has 1 aromatic carbocycles. The Balaban J connectivity index is 0.000000146. The van der Waals surface area contributed by atoms with Gasteiger partial charge in [0.15, 0.2) is 6.29 Å². The topological polar surface area (TPSA) is 35.5 Å². The molecule has 1 aliphatic rings. The summed E-state index contributed by atoms with van der Waals surface area (Å²) in [5, 5.41) is 0. The Labute approximate surface area is 83.6 Å². The highest BCUT2D eigenvalue weighted by molar-refractivity contribution is 5.56. The van der Waals surface area contributed by atoms with Crippen molar-refractivity contribution in [3.8, 4) is 0 Å². The minimum Gasteiger partial charge on any atom is -0.376 e. The van der Waals surface area contributed by atoms with Gasteiger partial charge in [0.25, 0.3) is 0 Å². The summed E-state index contributed by atoms with van der Waals surface area (Å²) >= 11 is 0. The monoisotopic (exact) mass is 193 g/mol. The van der Waals surface area contributed by atoms with Crippen molar-refractivity contribution >= 4 is 6.29 Å². The van der Waals surface area contributed by atoms with Crippen LogP contribution < -0.4 is 0 Å². The van der Waals surface area contributed by atoms with Crippen LogP contribution in [0.2, 0.25) is 0 Å². The van der Waals surface area contributed by atoms with E-state index in [1.807, 2.05) is 30.3 Å². The van der Waals surface area contributed by atoms with Crippen LogP contribution in [0, 0.1) is 6.07 Å². The lowest BCUT2D eigenvalue weighted by Gasteiger charge is -2.17. The predicted octanol–water partition coefficient (Wildman–Crippen LogP) is 1.09. The molecule has 2 rings (SSSR count). The van der Waals surface area contributed by atoms with Crippen LogP contribution in [0.15, 0.2) is 30.3 Å². The van der Waals surface area contributed by atoms with E-state index in [4.69, 9.17) is 9.47 Å². The molecule has 1 atom stereocenters. The Bertz CT molecular complexity index is 203. The molecule has 1 radical (unpaired) electrons. The number of rotatable bonds is 1. The average Bonchev–Trinajstić information content (AvgIpc) is 2.33. The van der Waals surface area contributed by atoms with E-state index in [2.05, 4.69) is 6.07 Å². The number of aldehydes is 1. The number of hydrogen-bond donors (Lipinski definition) is 0. The highest BCUT2D eigenvalue weighted by atomic mass is 16.6. The SMILES string of the molecule is O=CC1COCCO1.[c]1ccccc1. The summed E-state index contributed by atoms with van der Waals surface area (Å²) in [5.41, 5.74) is 0. The molecule has 0 spiro atoms. The van der Waals surface area contributed by atoms with Gasteiger partial charge in [-0.1, -0.05) is 30.3 Å². The lowest BCUT2D eigenvalue weighted by molar-refractivity contribution is -0.133. The van der Waals surface area contributed by atoms with Gasteiger partial charge in [0, 0.05) is 0 Å². The summed E-state index contributed by atoms with van der Waals surface area (Å²) in [7, 11) is 0. The number of carbonyl (C=O) groups is 1. The van der Waals surface area contributed by atoms with Gasteiger partial charge in [-0.2, -0.15) is 0 Å². The Kier molecular flexibility index (Phi) is 5.63. The van der Waals surface area contributed by atoms with Crippen molar-refractivity contribution in [1.82, 2.24) is 0 Å². The summed E-state index contributed by atoms with van der Waals surface area (Å²) in [4.78, 5) is 9.95. The van der Waals surface area contributed by atoms with Gasteiger partial charge in [0.05, 0.1) is 19.8 Å². The van der Waals surface area contributed by atoms with Gasteiger partial charge >= 0.3 is 0 Å². The van der Waals surface area contributed by atoms with E-state index in [0.717, 1.165) is 6.29 Å². The van der Waals surface area contributed by atoms with Gasteiger partial charge in [-0.25, -0.2) is 0 Å². The quantitative estimate of drug-likeness (QED) is 0.626. The second-order valence-electron chi connectivity index (χ2n) is 2.70. The van der Waals surface area contributed by atoms with Crippen LogP contribution in [0.4, 0.5) is 0 Å². The molecule has 1 saturated heterocycles. The molecule has 0 bridgehead atoms. The minimum atomic E-state index is -0.316. The maximum atomic E-state index is 9.95. The maximum Gasteiger partial charge on any atom is 0.151 e. The molecule has 0 N–H and O–H groups in total. The number of hydrogen-bond acceptors (Lipinski definition) is 3. The first-order valence-corrected chi connectivity index (χ1v) is 4.49. The average molecular weight is 193 g/mol. The molecule has 1 heterocycles. The van der Waals surface area contributed by atoms with E-state index in [1.165, 1.54) is 0 Å². The molecule has 1 aliphatic heterocycles. The summed E-state index contributed by atoms with van der Waals surface area (Å²) in [6.45, 7) is 1.58. The molecule has 0 aliphatic carbocycles. The zero-order valence-electron chi connectivity index (χ0n) is 7.89. The smallest absolute Gasteiger partial charge is 0.151 e. The van der Waals surface area contributed by atoms with Gasteiger partial charge in [0.1, 0.15) is 6.10 Å². The van der Waals surface area contributed by atoms with Crippen LogP contribution in [-0.2, 0) is 14.3 Å². The number of carbonyl (C=O) groups excluding carboxylic acids is 1. The van der Waals surface area contributed by atoms with Crippen molar-refractivity contribution in [3.63, 3.8) is 0 Å². The zero-order valence-corrected chi connectivity index (χ0v) is 7.89. The molecule has 1 aromatic rings. The fourth-order valence-electron chi connectivity index (χ4n) is 0.927. The summed E-state index contributed by atoms with van der Waals surface area (Å²) in [5.74, 6) is 0. The first kappa shape index (κ1) is 10.9. The van der Waals surface area contributed by atoms with Crippen molar-refractivity contribution in [2.75, 3.05) is 19.8 Å². The van der Waals surface area contributed by atoms with Crippen molar-refractivity contribution in [1.29, 1.82) is 0 Å². The Morgan fingerprint density at radius 1 is 1.21 bits per heavy atom. The Morgan fingerprint density at radius 3 is 2.29 bits per heavy atom. The van der Waals surface area contributed by atoms with E-state index in [9.17, 15) is 4.79 Å². The minimum absolute atomic E-state index is 0.316. The molecule has 1 unspecified atom stereocenters. The lowest BCUT2D eigenvalue weighted by atomic mass is 10.4. The highest BCUT2D eigenvalue weighted by Gasteiger charge is 2.11. The van der Waals surface area contributed by atoms with E-state index < -0.39 is 0 Å². The molecule has 14 heavy (non-hydrogen) atoms. The first-order valence-electron chi connectivity index (χ1n) is 4.49. The molecule has 1 fully saturated rings. The van der Waals surface area contributed by atoms with Crippen LogP contribution >= 0.6 is 0 Å². The van der Waals surface area contributed by atoms with Crippen molar-refractivity contribution in [2.24, 2.45) is 0 Å². The third-order valence-corrected chi connectivity index (χ3v) is 1.60. The van der Waals surface area contributed by atoms with Gasteiger partial charge in [-0.3, -0.25) is 0 Å². The summed E-state index contributed by atoms with van der Waals surface area (Å²) in [6, 6.07) is 12.5. The van der Waals surface area contributed by atoms with Crippen molar-refractivity contribution < 1.29 is 14.3 Å². The van der Waals surface area contributed by atoms with Crippen molar-refractivity contribution in [2.45, 2.75) is 6.10 Å². The highest BCUT2D eigenvalue weighted by Crippen LogP contribution is 1.95. The predicted molar refractivity (Wildman–Crippen MR) is 51.9 cm³/mol. The third kappa shape index (κ3) is 4.74.